The molecule has 0 bridgehead atoms. The molecule has 31 heavy (non-hydrogen) atoms. The molecule has 2 amide bonds. The maximum atomic E-state index is 13.9. The molecule has 0 radical (unpaired) electrons. The van der Waals surface area contributed by atoms with Crippen molar-refractivity contribution in [2.75, 3.05) is 4.90 Å². The summed E-state index contributed by atoms with van der Waals surface area (Å²) >= 11 is 6.41. The molecule has 2 aliphatic rings. The Morgan fingerprint density at radius 1 is 1.13 bits per heavy atom. The van der Waals surface area contributed by atoms with Crippen molar-refractivity contribution in [2.24, 2.45) is 0 Å². The molecule has 1 atom stereocenters. The molecule has 1 N–H and O–H groups in total. The molecular weight excluding hydrogens is 410 g/mol. The van der Waals surface area contributed by atoms with Gasteiger partial charge in [0, 0.05) is 27.7 Å². The van der Waals surface area contributed by atoms with Crippen LogP contribution in [0.1, 0.15) is 48.7 Å². The van der Waals surface area contributed by atoms with Crippen molar-refractivity contribution < 1.29 is 9.59 Å². The highest BCUT2D eigenvalue weighted by Gasteiger charge is 2.49. The minimum absolute atomic E-state index is 0.115. The number of nitrogens with zero attached hydrogens (tertiary/aromatic N) is 2. The van der Waals surface area contributed by atoms with Crippen LogP contribution in [0.15, 0.2) is 48.5 Å². The van der Waals surface area contributed by atoms with Crippen molar-refractivity contribution in [2.45, 2.75) is 57.7 Å². The van der Waals surface area contributed by atoms with E-state index in [1.54, 1.807) is 4.90 Å². The highest BCUT2D eigenvalue weighted by atomic mass is 35.5. The van der Waals surface area contributed by atoms with Crippen molar-refractivity contribution in [1.29, 1.82) is 0 Å². The van der Waals surface area contributed by atoms with Crippen LogP contribution in [0, 0.1) is 6.92 Å². The zero-order chi connectivity index (χ0) is 21.8. The molecule has 1 fully saturated rings. The maximum absolute atomic E-state index is 13.9. The third-order valence-corrected chi connectivity index (χ3v) is 7.26. The van der Waals surface area contributed by atoms with Gasteiger partial charge in [-0.25, -0.2) is 0 Å². The predicted octanol–water partition coefficient (Wildman–Crippen LogP) is 5.08. The van der Waals surface area contributed by atoms with E-state index in [0.29, 0.717) is 22.9 Å². The Labute approximate surface area is 187 Å². The molecule has 2 aromatic carbocycles. The zero-order valence-electron chi connectivity index (χ0n) is 17.8. The molecule has 3 aromatic rings. The second-order valence-corrected chi connectivity index (χ2v) is 9.33. The molecule has 1 saturated carbocycles. The number of anilines is 1. The number of carbonyl (C=O) groups excluding carboxylic acids is 2. The molecule has 160 valence electrons. The first-order valence-electron chi connectivity index (χ1n) is 10.9. The van der Waals surface area contributed by atoms with Gasteiger partial charge in [0.2, 0.25) is 5.91 Å². The van der Waals surface area contributed by atoms with Crippen molar-refractivity contribution in [1.82, 2.24) is 9.88 Å². The molecule has 6 heteroatoms. The van der Waals surface area contributed by atoms with Gasteiger partial charge in [0.05, 0.1) is 6.54 Å². The lowest BCUT2D eigenvalue weighted by atomic mass is 9.92. The fraction of sp³-hybridized carbons (Fsp3) is 0.360. The van der Waals surface area contributed by atoms with Crippen molar-refractivity contribution in [3.05, 3.63) is 64.8 Å². The number of fused-ring (bicyclic) bond motifs is 3. The van der Waals surface area contributed by atoms with Crippen LogP contribution in [-0.4, -0.2) is 28.0 Å². The number of carbonyl (C=O) groups is 2. The first-order chi connectivity index (χ1) is 14.9. The molecule has 1 aliphatic carbocycles. The molecular formula is C25H26ClN3O2. The number of benzene rings is 2. The maximum Gasteiger partial charge on any atom is 0.275 e. The summed E-state index contributed by atoms with van der Waals surface area (Å²) in [5.74, 6) is -0.299. The van der Waals surface area contributed by atoms with Gasteiger partial charge in [0.25, 0.3) is 5.91 Å². The van der Waals surface area contributed by atoms with Gasteiger partial charge >= 0.3 is 0 Å². The average molecular weight is 436 g/mol. The molecule has 5 rings (SSSR count). The lowest BCUT2D eigenvalue weighted by molar-refractivity contribution is -0.127. The van der Waals surface area contributed by atoms with Crippen LogP contribution in [0.3, 0.4) is 0 Å². The summed E-state index contributed by atoms with van der Waals surface area (Å²) in [4.78, 5) is 29.3. The van der Waals surface area contributed by atoms with E-state index in [0.717, 1.165) is 42.1 Å². The Bertz CT molecular complexity index is 1190. The molecule has 1 aromatic heterocycles. The summed E-state index contributed by atoms with van der Waals surface area (Å²) in [6, 6.07) is 15.5. The second-order valence-electron chi connectivity index (χ2n) is 8.93. The summed E-state index contributed by atoms with van der Waals surface area (Å²) in [5.41, 5.74) is 1.95. The summed E-state index contributed by atoms with van der Waals surface area (Å²) in [6.45, 7) is 4.14. The Morgan fingerprint density at radius 2 is 1.87 bits per heavy atom. The zero-order valence-corrected chi connectivity index (χ0v) is 18.6. The van der Waals surface area contributed by atoms with E-state index in [1.165, 1.54) is 0 Å². The Hall–Kier alpha value is -2.79. The van der Waals surface area contributed by atoms with E-state index < -0.39 is 5.54 Å². The summed E-state index contributed by atoms with van der Waals surface area (Å²) in [5, 5.41) is 4.81. The molecule has 1 aliphatic heterocycles. The molecule has 0 spiro atoms. The van der Waals surface area contributed by atoms with Crippen LogP contribution in [-0.2, 0) is 11.3 Å². The highest BCUT2D eigenvalue weighted by molar-refractivity contribution is 6.32. The minimum atomic E-state index is -1.08. The third kappa shape index (κ3) is 3.14. The van der Waals surface area contributed by atoms with Crippen LogP contribution in [0.2, 0.25) is 5.02 Å². The van der Waals surface area contributed by atoms with E-state index in [1.807, 2.05) is 66.9 Å². The highest BCUT2D eigenvalue weighted by Crippen LogP contribution is 2.39. The standard InChI is InChI=1S/C25H26ClN3O2/c1-16-19(26)11-7-13-20(16)29-23(30)22-14-17-8-3-6-12-21(17)28(22)15-25(29,2)24(31)27-18-9-4-5-10-18/h3,6-8,11-14,18H,4-5,9-10,15H2,1-2H3,(H,27,31)/t25-/m0/s1. The van der Waals surface area contributed by atoms with Gasteiger partial charge in [-0.05, 0) is 56.5 Å². The summed E-state index contributed by atoms with van der Waals surface area (Å²) in [7, 11) is 0. The molecule has 2 heterocycles. The van der Waals surface area contributed by atoms with Gasteiger partial charge in [-0.15, -0.1) is 0 Å². The smallest absolute Gasteiger partial charge is 0.275 e. The minimum Gasteiger partial charge on any atom is -0.351 e. The number of hydrogen-bond acceptors (Lipinski definition) is 2. The van der Waals surface area contributed by atoms with Gasteiger partial charge in [-0.3, -0.25) is 14.5 Å². The predicted molar refractivity (Wildman–Crippen MR) is 124 cm³/mol. The monoisotopic (exact) mass is 435 g/mol. The van der Waals surface area contributed by atoms with Gasteiger partial charge < -0.3 is 9.88 Å². The van der Waals surface area contributed by atoms with Gasteiger partial charge in [0.1, 0.15) is 11.2 Å². The lowest BCUT2D eigenvalue weighted by Crippen LogP contribution is -2.65. The van der Waals surface area contributed by atoms with E-state index in [4.69, 9.17) is 11.6 Å². The number of rotatable bonds is 3. The van der Waals surface area contributed by atoms with Crippen molar-refractivity contribution in [3.63, 3.8) is 0 Å². The first-order valence-corrected chi connectivity index (χ1v) is 11.3. The van der Waals surface area contributed by atoms with Crippen molar-refractivity contribution in [3.8, 4) is 0 Å². The summed E-state index contributed by atoms with van der Waals surface area (Å²) in [6.07, 6.45) is 4.24. The molecule has 0 unspecified atom stereocenters. The average Bonchev–Trinajstić information content (AvgIpc) is 3.39. The topological polar surface area (TPSA) is 54.3 Å². The van der Waals surface area contributed by atoms with Crippen LogP contribution in [0.4, 0.5) is 5.69 Å². The van der Waals surface area contributed by atoms with Crippen LogP contribution in [0.25, 0.3) is 10.9 Å². The Morgan fingerprint density at radius 3 is 2.65 bits per heavy atom. The van der Waals surface area contributed by atoms with E-state index in [2.05, 4.69) is 5.32 Å². The number of nitrogens with one attached hydrogen (secondary N) is 1. The number of hydrogen-bond donors (Lipinski definition) is 1. The summed E-state index contributed by atoms with van der Waals surface area (Å²) < 4.78 is 1.99. The fourth-order valence-corrected chi connectivity index (χ4v) is 5.24. The van der Waals surface area contributed by atoms with Gasteiger partial charge in [-0.1, -0.05) is 48.7 Å². The van der Waals surface area contributed by atoms with Gasteiger partial charge in [0.15, 0.2) is 0 Å². The SMILES string of the molecule is Cc1c(Cl)cccc1N1C(=O)c2cc3ccccc3n2C[C@@]1(C)C(=O)NC1CCCC1. The number of amides is 2. The van der Waals surface area contributed by atoms with E-state index in [9.17, 15) is 9.59 Å². The van der Waals surface area contributed by atoms with Crippen LogP contribution < -0.4 is 10.2 Å². The van der Waals surface area contributed by atoms with Crippen LogP contribution in [0.5, 0.6) is 0 Å². The van der Waals surface area contributed by atoms with Crippen molar-refractivity contribution >= 4 is 40.0 Å². The normalized spacial score (nSPS) is 21.5. The first kappa shape index (κ1) is 20.1. The lowest BCUT2D eigenvalue weighted by Gasteiger charge is -2.45. The number of aromatic nitrogens is 1. The fourth-order valence-electron chi connectivity index (χ4n) is 5.07. The third-order valence-electron chi connectivity index (χ3n) is 6.85. The van der Waals surface area contributed by atoms with Crippen LogP contribution >= 0.6 is 11.6 Å². The van der Waals surface area contributed by atoms with E-state index in [-0.39, 0.29) is 17.9 Å². The second kappa shape index (κ2) is 7.41. The number of para-hydroxylation sites is 1. The molecule has 5 nitrogen and oxygen atoms in total. The number of halogens is 1. The Balaban J connectivity index is 1.67. The quantitative estimate of drug-likeness (QED) is 0.623. The Kier molecular flexibility index (Phi) is 4.82. The van der Waals surface area contributed by atoms with E-state index >= 15 is 0 Å². The largest absolute Gasteiger partial charge is 0.351 e. The van der Waals surface area contributed by atoms with Gasteiger partial charge in [-0.2, -0.15) is 0 Å². The molecule has 0 saturated heterocycles.